The Balaban J connectivity index is 0. The first-order chi connectivity index (χ1) is 10.9. The topological polar surface area (TPSA) is 201 Å². The summed E-state index contributed by atoms with van der Waals surface area (Å²) in [5.41, 5.74) is 9.26. The fourth-order valence-electron chi connectivity index (χ4n) is 1.11. The van der Waals surface area contributed by atoms with Crippen LogP contribution in [0.1, 0.15) is 33.6 Å². The predicted molar refractivity (Wildman–Crippen MR) is 86.6 cm³/mol. The van der Waals surface area contributed by atoms with Gasteiger partial charge < -0.3 is 31.7 Å². The number of hydrogen-bond donors (Lipinski definition) is 7. The normalized spacial score (nSPS) is 11.4. The van der Waals surface area contributed by atoms with Crippen molar-refractivity contribution in [3.8, 4) is 0 Å². The molecule has 11 heteroatoms. The van der Waals surface area contributed by atoms with Crippen molar-refractivity contribution in [3.05, 3.63) is 0 Å². The molecule has 0 bridgehead atoms. The Morgan fingerprint density at radius 1 is 1.25 bits per heavy atom. The molecule has 0 aliphatic heterocycles. The molecule has 24 heavy (non-hydrogen) atoms. The van der Waals surface area contributed by atoms with E-state index in [9.17, 15) is 14.4 Å². The van der Waals surface area contributed by atoms with Gasteiger partial charge in [-0.2, -0.15) is 0 Å². The molecule has 0 aliphatic carbocycles. The minimum absolute atomic E-state index is 0.196. The van der Waals surface area contributed by atoms with Gasteiger partial charge in [0.05, 0.1) is 6.54 Å². The predicted octanol–water partition coefficient (Wildman–Crippen LogP) is -0.743. The molecule has 0 fully saturated rings. The van der Waals surface area contributed by atoms with Gasteiger partial charge in [-0.3, -0.25) is 20.3 Å². The third-order valence-corrected chi connectivity index (χ3v) is 2.11. The Morgan fingerprint density at radius 3 is 2.12 bits per heavy atom. The molecule has 0 aliphatic rings. The van der Waals surface area contributed by atoms with Gasteiger partial charge in [0.1, 0.15) is 11.6 Å². The molecule has 11 nitrogen and oxygen atoms in total. The number of carbonyl (C=O) groups is 3. The van der Waals surface area contributed by atoms with Gasteiger partial charge in [0.2, 0.25) is 0 Å². The number of carboxylic acid groups (broad SMARTS) is 2. The van der Waals surface area contributed by atoms with Crippen molar-refractivity contribution in [2.75, 3.05) is 13.1 Å². The van der Waals surface area contributed by atoms with Crippen LogP contribution in [0.15, 0.2) is 0 Å². The van der Waals surface area contributed by atoms with E-state index in [1.807, 2.05) is 0 Å². The van der Waals surface area contributed by atoms with Crippen LogP contribution in [-0.4, -0.2) is 58.9 Å². The molecule has 0 rings (SSSR count). The van der Waals surface area contributed by atoms with Gasteiger partial charge in [-0.25, -0.2) is 4.79 Å². The number of alkyl carbamates (subject to hydrolysis) is 1. The summed E-state index contributed by atoms with van der Waals surface area (Å²) in [5, 5.41) is 28.4. The highest BCUT2D eigenvalue weighted by molar-refractivity contribution is 5.92. The summed E-state index contributed by atoms with van der Waals surface area (Å²) in [6.45, 7) is 5.22. The Kier molecular flexibility index (Phi) is 12.0. The number of nitrogens with one attached hydrogen (secondary N) is 3. The molecule has 0 aromatic carbocycles. The molecule has 1 amide bonds. The largest absolute Gasteiger partial charge is 0.480 e. The van der Waals surface area contributed by atoms with E-state index < -0.39 is 29.7 Å². The maximum atomic E-state index is 11.3. The molecule has 0 saturated carbocycles. The average Bonchev–Trinajstić information content (AvgIpc) is 2.41. The van der Waals surface area contributed by atoms with Crippen LogP contribution in [0.2, 0.25) is 0 Å². The second-order valence-corrected chi connectivity index (χ2v) is 5.61. The first-order valence-corrected chi connectivity index (χ1v) is 7.11. The number of nitrogens with two attached hydrogens (primary N) is 2. The van der Waals surface area contributed by atoms with E-state index in [2.05, 4.69) is 16.4 Å². The van der Waals surface area contributed by atoms with Gasteiger partial charge in [-0.05, 0) is 33.6 Å². The molecule has 0 aromatic heterocycles. The van der Waals surface area contributed by atoms with Crippen molar-refractivity contribution < 1.29 is 29.3 Å². The second kappa shape index (κ2) is 12.1. The van der Waals surface area contributed by atoms with E-state index >= 15 is 0 Å². The molecule has 0 aromatic rings. The van der Waals surface area contributed by atoms with Gasteiger partial charge in [-0.1, -0.05) is 0 Å². The van der Waals surface area contributed by atoms with Crippen LogP contribution in [0.3, 0.4) is 0 Å². The number of rotatable bonds is 6. The summed E-state index contributed by atoms with van der Waals surface area (Å²) >= 11 is 0. The molecular formula is C13H27N5O6. The first-order valence-electron chi connectivity index (χ1n) is 7.11. The Labute approximate surface area is 140 Å². The molecule has 140 valence electrons. The van der Waals surface area contributed by atoms with Gasteiger partial charge in [0, 0.05) is 6.54 Å². The lowest BCUT2D eigenvalue weighted by Crippen LogP contribution is -2.43. The Hall–Kier alpha value is -2.40. The number of hydrogen-bond acceptors (Lipinski definition) is 7. The third-order valence-electron chi connectivity index (χ3n) is 2.11. The van der Waals surface area contributed by atoms with Gasteiger partial charge in [0.15, 0.2) is 5.96 Å². The zero-order valence-electron chi connectivity index (χ0n) is 14.1. The monoisotopic (exact) mass is 349 g/mol. The lowest BCUT2D eigenvalue weighted by molar-refractivity contribution is -0.138. The van der Waals surface area contributed by atoms with Crippen LogP contribution < -0.4 is 22.1 Å². The quantitative estimate of drug-likeness (QED) is 0.183. The number of amides is 1. The van der Waals surface area contributed by atoms with Crippen molar-refractivity contribution in [2.24, 2.45) is 11.5 Å². The molecule has 1 atom stereocenters. The summed E-state index contributed by atoms with van der Waals surface area (Å²) in [6, 6.07) is -0.908. The van der Waals surface area contributed by atoms with Crippen LogP contribution in [0.4, 0.5) is 4.79 Å². The molecule has 0 radical (unpaired) electrons. The van der Waals surface area contributed by atoms with Gasteiger partial charge >= 0.3 is 18.0 Å². The highest BCUT2D eigenvalue weighted by Crippen LogP contribution is 2.06. The zero-order valence-corrected chi connectivity index (χ0v) is 14.1. The van der Waals surface area contributed by atoms with E-state index in [1.165, 1.54) is 0 Å². The van der Waals surface area contributed by atoms with E-state index in [-0.39, 0.29) is 12.5 Å². The number of carbonyl (C=O) groups excluding carboxylic acids is 1. The summed E-state index contributed by atoms with van der Waals surface area (Å²) in [7, 11) is 0. The summed E-state index contributed by atoms with van der Waals surface area (Å²) < 4.78 is 4.96. The lowest BCUT2D eigenvalue weighted by atomic mass is 10.2. The minimum atomic E-state index is -1.05. The van der Waals surface area contributed by atoms with E-state index in [4.69, 9.17) is 26.1 Å². The minimum Gasteiger partial charge on any atom is -0.480 e. The summed E-state index contributed by atoms with van der Waals surface area (Å²) in [6.07, 6.45) is 0.0562. The van der Waals surface area contributed by atoms with E-state index in [0.29, 0.717) is 19.4 Å². The molecule has 0 spiro atoms. The smallest absolute Gasteiger partial charge is 0.414 e. The van der Waals surface area contributed by atoms with Gasteiger partial charge in [0.25, 0.3) is 0 Å². The third kappa shape index (κ3) is 17.7. The molecule has 0 unspecified atom stereocenters. The fourth-order valence-corrected chi connectivity index (χ4v) is 1.11. The fraction of sp³-hybridized carbons (Fsp3) is 0.692. The molecule has 0 saturated heterocycles. The SMILES string of the molecule is CC(C)(C)OC(=O)NC(=N)NCCC[C@H](N)C(=O)O.NCC(=O)O. The van der Waals surface area contributed by atoms with Crippen LogP contribution in [-0.2, 0) is 14.3 Å². The highest BCUT2D eigenvalue weighted by Gasteiger charge is 2.17. The van der Waals surface area contributed by atoms with E-state index in [1.54, 1.807) is 20.8 Å². The van der Waals surface area contributed by atoms with Crippen molar-refractivity contribution in [2.45, 2.75) is 45.3 Å². The van der Waals surface area contributed by atoms with Crippen molar-refractivity contribution >= 4 is 24.0 Å². The molecule has 9 N–H and O–H groups in total. The highest BCUT2D eigenvalue weighted by atomic mass is 16.6. The van der Waals surface area contributed by atoms with Crippen molar-refractivity contribution in [1.82, 2.24) is 10.6 Å². The van der Waals surface area contributed by atoms with Crippen molar-refractivity contribution in [1.29, 1.82) is 5.41 Å². The van der Waals surface area contributed by atoms with E-state index in [0.717, 1.165) is 0 Å². The number of aliphatic carboxylic acids is 2. The standard InChI is InChI=1S/C11H22N4O4.C2H5NO2/c1-11(2,3)19-10(18)15-9(13)14-6-4-5-7(12)8(16)17;3-1-2(4)5/h7H,4-6,12H2,1-3H3,(H,16,17)(H3,13,14,15,18);1,3H2,(H,4,5)/t7-;/m0./s1. The zero-order chi connectivity index (χ0) is 19.3. The molecule has 0 heterocycles. The summed E-state index contributed by atoms with van der Waals surface area (Å²) in [4.78, 5) is 31.0. The maximum Gasteiger partial charge on any atom is 0.414 e. The number of carboxylic acids is 2. The first kappa shape index (κ1) is 23.9. The number of guanidine groups is 1. The average molecular weight is 349 g/mol. The maximum absolute atomic E-state index is 11.3. The summed E-state index contributed by atoms with van der Waals surface area (Å²) in [5.74, 6) is -2.22. The van der Waals surface area contributed by atoms with Crippen LogP contribution in [0.25, 0.3) is 0 Å². The van der Waals surface area contributed by atoms with Crippen LogP contribution in [0.5, 0.6) is 0 Å². The Bertz CT molecular complexity index is 435. The van der Waals surface area contributed by atoms with Crippen molar-refractivity contribution in [3.63, 3.8) is 0 Å². The van der Waals surface area contributed by atoms with Crippen LogP contribution >= 0.6 is 0 Å². The second-order valence-electron chi connectivity index (χ2n) is 5.61. The molecular weight excluding hydrogens is 322 g/mol. The Morgan fingerprint density at radius 2 is 1.75 bits per heavy atom. The van der Waals surface area contributed by atoms with Gasteiger partial charge in [-0.15, -0.1) is 0 Å². The van der Waals surface area contributed by atoms with Crippen LogP contribution in [0, 0.1) is 5.41 Å². The lowest BCUT2D eigenvalue weighted by Gasteiger charge is -2.20. The number of ether oxygens (including phenoxy) is 1.